The molecule has 0 fully saturated rings. The standard InChI is InChI=1S/C42H29N3O/c1-41(2)33-15-6-4-12-30(33)38-40-29(20-21-42(38,41)3)28-13-9-14-31(39(28)46-40)37-26(24-44)10-8-17-36(37)45-34-16-7-5-11-27(34)32-22-25(23-43)18-19-35(32)45/h4-22,38H,1-3H3. The summed E-state index contributed by atoms with van der Waals surface area (Å²) in [5.74, 6) is 1.07. The largest absolute Gasteiger partial charge is 0.459 e. The lowest BCUT2D eigenvalue weighted by Gasteiger charge is -2.41. The van der Waals surface area contributed by atoms with Crippen LogP contribution in [0.25, 0.3) is 55.7 Å². The normalized spacial score (nSPS) is 19.1. The molecule has 0 radical (unpaired) electrons. The third-order valence-electron chi connectivity index (χ3n) is 11.0. The van der Waals surface area contributed by atoms with Crippen LogP contribution in [0.5, 0.6) is 0 Å². The number of fused-ring (bicyclic) bond motifs is 10. The van der Waals surface area contributed by atoms with Crippen LogP contribution in [-0.4, -0.2) is 4.57 Å². The van der Waals surface area contributed by atoms with Gasteiger partial charge in [-0.05, 0) is 52.9 Å². The van der Waals surface area contributed by atoms with Crippen LogP contribution in [0.1, 0.15) is 60.3 Å². The van der Waals surface area contributed by atoms with E-state index in [0.29, 0.717) is 11.1 Å². The Labute approximate surface area is 267 Å². The second-order valence-corrected chi connectivity index (χ2v) is 13.3. The van der Waals surface area contributed by atoms with E-state index in [-0.39, 0.29) is 16.7 Å². The van der Waals surface area contributed by atoms with Crippen molar-refractivity contribution in [1.82, 2.24) is 4.57 Å². The van der Waals surface area contributed by atoms with Crippen LogP contribution in [0.2, 0.25) is 0 Å². The van der Waals surface area contributed by atoms with E-state index in [2.05, 4.69) is 110 Å². The maximum Gasteiger partial charge on any atom is 0.142 e. The van der Waals surface area contributed by atoms with Crippen molar-refractivity contribution in [2.75, 3.05) is 0 Å². The molecule has 0 amide bonds. The van der Waals surface area contributed by atoms with Crippen molar-refractivity contribution in [2.45, 2.75) is 32.1 Å². The molecule has 0 aliphatic heterocycles. The molecule has 4 heteroatoms. The number of furan rings is 1. The maximum absolute atomic E-state index is 10.5. The van der Waals surface area contributed by atoms with E-state index in [0.717, 1.165) is 60.9 Å². The van der Waals surface area contributed by atoms with Crippen LogP contribution in [-0.2, 0) is 5.41 Å². The number of para-hydroxylation sites is 2. The van der Waals surface area contributed by atoms with E-state index in [4.69, 9.17) is 4.42 Å². The summed E-state index contributed by atoms with van der Waals surface area (Å²) >= 11 is 0. The summed E-state index contributed by atoms with van der Waals surface area (Å²) in [6, 6.07) is 39.8. The summed E-state index contributed by atoms with van der Waals surface area (Å²) in [6.45, 7) is 7.04. The molecular weight excluding hydrogens is 562 g/mol. The minimum atomic E-state index is -0.154. The molecule has 2 aromatic heterocycles. The second-order valence-electron chi connectivity index (χ2n) is 13.3. The van der Waals surface area contributed by atoms with Crippen molar-refractivity contribution in [3.8, 4) is 29.0 Å². The lowest BCUT2D eigenvalue weighted by molar-refractivity contribution is 0.226. The van der Waals surface area contributed by atoms with Gasteiger partial charge in [-0.15, -0.1) is 0 Å². The number of allylic oxidation sites excluding steroid dienone is 1. The van der Waals surface area contributed by atoms with Gasteiger partial charge >= 0.3 is 0 Å². The third kappa shape index (κ3) is 3.21. The molecule has 2 atom stereocenters. The Bertz CT molecular complexity index is 2560. The third-order valence-corrected chi connectivity index (χ3v) is 11.0. The minimum Gasteiger partial charge on any atom is -0.459 e. The molecule has 218 valence electrons. The average Bonchev–Trinajstić information content (AvgIpc) is 3.68. The highest BCUT2D eigenvalue weighted by Gasteiger charge is 2.57. The number of nitrogens with zero attached hydrogens (tertiary/aromatic N) is 3. The predicted molar refractivity (Wildman–Crippen MR) is 184 cm³/mol. The van der Waals surface area contributed by atoms with E-state index >= 15 is 0 Å². The molecule has 0 N–H and O–H groups in total. The minimum absolute atomic E-state index is 0.0766. The van der Waals surface area contributed by atoms with Crippen LogP contribution in [0, 0.1) is 28.1 Å². The molecule has 0 saturated carbocycles. The highest BCUT2D eigenvalue weighted by molar-refractivity contribution is 6.11. The van der Waals surface area contributed by atoms with E-state index in [1.54, 1.807) is 0 Å². The van der Waals surface area contributed by atoms with Crippen molar-refractivity contribution in [3.05, 3.63) is 143 Å². The number of nitriles is 2. The van der Waals surface area contributed by atoms with Gasteiger partial charge in [0, 0.05) is 38.3 Å². The SMILES string of the molecule is CC1(C)c2ccccc2C2c3oc4c(-c5c(C#N)cccc5-n5c6ccccc6c6cc(C#N)ccc65)cccc4c3C=CC21C. The number of benzene rings is 5. The van der Waals surface area contributed by atoms with Gasteiger partial charge in [0.2, 0.25) is 0 Å². The number of aromatic nitrogens is 1. The van der Waals surface area contributed by atoms with Gasteiger partial charge in [-0.1, -0.05) is 99.7 Å². The molecule has 2 unspecified atom stereocenters. The van der Waals surface area contributed by atoms with Crippen molar-refractivity contribution >= 4 is 38.9 Å². The highest BCUT2D eigenvalue weighted by Crippen LogP contribution is 2.64. The summed E-state index contributed by atoms with van der Waals surface area (Å²) < 4.78 is 9.30. The lowest BCUT2D eigenvalue weighted by Crippen LogP contribution is -2.37. The summed E-state index contributed by atoms with van der Waals surface area (Å²) in [7, 11) is 0. The predicted octanol–water partition coefficient (Wildman–Crippen LogP) is 10.4. The van der Waals surface area contributed by atoms with Gasteiger partial charge in [-0.2, -0.15) is 10.5 Å². The molecule has 46 heavy (non-hydrogen) atoms. The lowest BCUT2D eigenvalue weighted by atomic mass is 9.61. The van der Waals surface area contributed by atoms with E-state index in [9.17, 15) is 10.5 Å². The van der Waals surface area contributed by atoms with Gasteiger partial charge in [-0.25, -0.2) is 0 Å². The molecule has 2 heterocycles. The Balaban J connectivity index is 1.35. The summed E-state index contributed by atoms with van der Waals surface area (Å²) in [5, 5.41) is 23.3. The van der Waals surface area contributed by atoms with Crippen LogP contribution in [0.3, 0.4) is 0 Å². The molecule has 2 aliphatic carbocycles. The molecular formula is C42H29N3O. The Morgan fingerprint density at radius 3 is 2.35 bits per heavy atom. The zero-order valence-corrected chi connectivity index (χ0v) is 25.8. The Hall–Kier alpha value is -5.84. The number of rotatable bonds is 2. The van der Waals surface area contributed by atoms with Crippen molar-refractivity contribution in [2.24, 2.45) is 5.41 Å². The van der Waals surface area contributed by atoms with Gasteiger partial charge in [0.25, 0.3) is 0 Å². The van der Waals surface area contributed by atoms with E-state index in [1.165, 1.54) is 11.1 Å². The average molecular weight is 592 g/mol. The van der Waals surface area contributed by atoms with E-state index in [1.807, 2.05) is 42.5 Å². The van der Waals surface area contributed by atoms with Crippen molar-refractivity contribution < 1.29 is 4.42 Å². The monoisotopic (exact) mass is 591 g/mol. The van der Waals surface area contributed by atoms with Gasteiger partial charge < -0.3 is 8.98 Å². The van der Waals surface area contributed by atoms with Crippen molar-refractivity contribution in [1.29, 1.82) is 10.5 Å². The van der Waals surface area contributed by atoms with Gasteiger partial charge in [-0.3, -0.25) is 0 Å². The fraction of sp³-hybridized carbons (Fsp3) is 0.143. The number of hydrogen-bond donors (Lipinski definition) is 0. The Morgan fingerprint density at radius 1 is 0.739 bits per heavy atom. The molecule has 4 nitrogen and oxygen atoms in total. The molecule has 0 bridgehead atoms. The summed E-state index contributed by atoms with van der Waals surface area (Å²) in [6.07, 6.45) is 4.65. The van der Waals surface area contributed by atoms with Crippen molar-refractivity contribution in [3.63, 3.8) is 0 Å². The zero-order valence-electron chi connectivity index (χ0n) is 25.8. The van der Waals surface area contributed by atoms with Gasteiger partial charge in [0.1, 0.15) is 11.3 Å². The highest BCUT2D eigenvalue weighted by atomic mass is 16.3. The first-order valence-corrected chi connectivity index (χ1v) is 15.7. The second kappa shape index (κ2) is 9.10. The summed E-state index contributed by atoms with van der Waals surface area (Å²) in [5.41, 5.74) is 10.1. The molecule has 0 spiro atoms. The Morgan fingerprint density at radius 2 is 1.50 bits per heavy atom. The zero-order chi connectivity index (χ0) is 31.4. The van der Waals surface area contributed by atoms with Crippen LogP contribution in [0.15, 0.2) is 114 Å². The smallest absolute Gasteiger partial charge is 0.142 e. The topological polar surface area (TPSA) is 65.7 Å². The fourth-order valence-electron chi connectivity index (χ4n) is 8.41. The van der Waals surface area contributed by atoms with Crippen LogP contribution in [0.4, 0.5) is 0 Å². The molecule has 2 aliphatic rings. The first kappa shape index (κ1) is 26.6. The van der Waals surface area contributed by atoms with Gasteiger partial charge in [0.15, 0.2) is 0 Å². The molecule has 0 saturated heterocycles. The first-order chi connectivity index (χ1) is 22.4. The number of hydrogen-bond acceptors (Lipinski definition) is 3. The van der Waals surface area contributed by atoms with E-state index < -0.39 is 0 Å². The van der Waals surface area contributed by atoms with Gasteiger partial charge in [0.05, 0.1) is 45.9 Å². The van der Waals surface area contributed by atoms with Crippen LogP contribution < -0.4 is 0 Å². The first-order valence-electron chi connectivity index (χ1n) is 15.7. The Kier molecular flexibility index (Phi) is 5.25. The quantitative estimate of drug-likeness (QED) is 0.201. The molecule has 7 aromatic rings. The molecule has 9 rings (SSSR count). The maximum atomic E-state index is 10.5. The van der Waals surface area contributed by atoms with Crippen LogP contribution >= 0.6 is 0 Å². The summed E-state index contributed by atoms with van der Waals surface area (Å²) in [4.78, 5) is 0. The fourth-order valence-corrected chi connectivity index (χ4v) is 8.41. The molecule has 5 aromatic carbocycles.